The molecule has 6 aliphatic rings. The predicted octanol–water partition coefficient (Wildman–Crippen LogP) is 14.3. The van der Waals surface area contributed by atoms with Crippen molar-refractivity contribution in [3.63, 3.8) is 0 Å². The normalized spacial score (nSPS) is 19.1. The molecule has 0 atom stereocenters. The van der Waals surface area contributed by atoms with Crippen LogP contribution >= 0.6 is 0 Å². The Morgan fingerprint density at radius 2 is 0.595 bits per heavy atom. The van der Waals surface area contributed by atoms with E-state index in [1.807, 2.05) is 0 Å². The van der Waals surface area contributed by atoms with Crippen LogP contribution in [0.2, 0.25) is 0 Å². The van der Waals surface area contributed by atoms with E-state index in [2.05, 4.69) is 108 Å². The first-order chi connectivity index (χ1) is 35.5. The molecule has 0 amide bonds. The number of aryl methyl sites for hydroxylation is 5. The Kier molecular flexibility index (Phi) is 28.5. The maximum Gasteiger partial charge on any atom is 0.119 e. The van der Waals surface area contributed by atoms with Crippen molar-refractivity contribution in [1.82, 2.24) is 14.7 Å². The van der Waals surface area contributed by atoms with E-state index < -0.39 is 0 Å². The lowest BCUT2D eigenvalue weighted by Gasteiger charge is -2.27. The van der Waals surface area contributed by atoms with Crippen molar-refractivity contribution in [3.8, 4) is 5.75 Å². The minimum Gasteiger partial charge on any atom is -0.494 e. The standard InChI is InChI=1S/2C21H33NO2.C20H31NO3.2CH4/c2*1-2-3-4-5-6-7-8-19-9-11-20(12-10-19)13-14-21-15-23-17-22(21)18-24-16-21;1-2-3-4-5-6-13-24-19-9-7-18(8-10-19)11-12-20-14-22-16-21(20)17-23-15-20;;/h2*9-12H,2-8,13-18H2,1H3;7-10H,2-6,11-17H2,1H3;2*1H4. The summed E-state index contributed by atoms with van der Waals surface area (Å²) < 4.78 is 39.7. The number of fused-ring (bicyclic) bond motifs is 3. The lowest BCUT2D eigenvalue weighted by Crippen LogP contribution is -2.43. The molecule has 0 aromatic heterocycles. The highest BCUT2D eigenvalue weighted by Crippen LogP contribution is 2.35. The lowest BCUT2D eigenvalue weighted by atomic mass is 9.92. The van der Waals surface area contributed by atoms with Gasteiger partial charge in [0.1, 0.15) is 46.1 Å². The topological polar surface area (TPSA) is 74.3 Å². The van der Waals surface area contributed by atoms with E-state index in [-0.39, 0.29) is 31.5 Å². The van der Waals surface area contributed by atoms with Crippen LogP contribution in [0.25, 0.3) is 0 Å². The molecule has 418 valence electrons. The first-order valence-corrected chi connectivity index (χ1v) is 29.1. The van der Waals surface area contributed by atoms with Crippen LogP contribution in [-0.2, 0) is 60.5 Å². The van der Waals surface area contributed by atoms with Crippen molar-refractivity contribution in [1.29, 1.82) is 0 Å². The minimum atomic E-state index is 0. The van der Waals surface area contributed by atoms with Crippen LogP contribution in [0.1, 0.15) is 192 Å². The molecule has 0 bridgehead atoms. The largest absolute Gasteiger partial charge is 0.494 e. The van der Waals surface area contributed by atoms with Gasteiger partial charge < -0.3 is 33.2 Å². The third-order valence-corrected chi connectivity index (χ3v) is 16.5. The van der Waals surface area contributed by atoms with E-state index in [1.54, 1.807) is 0 Å². The van der Waals surface area contributed by atoms with Crippen LogP contribution < -0.4 is 4.74 Å². The number of ether oxygens (including phenoxy) is 7. The van der Waals surface area contributed by atoms with Crippen LogP contribution in [0, 0.1) is 0 Å². The maximum absolute atomic E-state index is 5.84. The molecule has 0 radical (unpaired) electrons. The monoisotopic (exact) mass is 1030 g/mol. The Morgan fingerprint density at radius 1 is 0.338 bits per heavy atom. The molecule has 3 aromatic carbocycles. The fourth-order valence-electron chi connectivity index (χ4n) is 11.3. The highest BCUT2D eigenvalue weighted by Gasteiger charge is 2.48. The average Bonchev–Trinajstić information content (AvgIpc) is 4.28. The fourth-order valence-corrected chi connectivity index (χ4v) is 11.3. The summed E-state index contributed by atoms with van der Waals surface area (Å²) in [4.78, 5) is 7.02. The van der Waals surface area contributed by atoms with Gasteiger partial charge in [-0.1, -0.05) is 186 Å². The van der Waals surface area contributed by atoms with E-state index in [0.29, 0.717) is 13.5 Å². The van der Waals surface area contributed by atoms with E-state index in [1.165, 1.54) is 143 Å². The van der Waals surface area contributed by atoms with Crippen molar-refractivity contribution < 1.29 is 33.2 Å². The molecule has 6 saturated heterocycles. The van der Waals surface area contributed by atoms with Gasteiger partial charge in [-0.3, -0.25) is 0 Å². The lowest BCUT2D eigenvalue weighted by molar-refractivity contribution is 0.0694. The van der Waals surface area contributed by atoms with Crippen molar-refractivity contribution in [2.45, 2.75) is 213 Å². The minimum absolute atomic E-state index is 0. The number of unbranched alkanes of at least 4 members (excludes halogenated alkanes) is 14. The number of hydrogen-bond donors (Lipinski definition) is 0. The van der Waals surface area contributed by atoms with Crippen molar-refractivity contribution in [3.05, 3.63) is 101 Å². The van der Waals surface area contributed by atoms with Gasteiger partial charge in [0.05, 0.1) is 62.9 Å². The molecule has 0 N–H and O–H groups in total. The third-order valence-electron chi connectivity index (χ3n) is 16.5. The second-order valence-electron chi connectivity index (χ2n) is 22.2. The maximum atomic E-state index is 5.84. The number of nitrogens with zero attached hydrogens (tertiary/aromatic N) is 3. The smallest absolute Gasteiger partial charge is 0.119 e. The van der Waals surface area contributed by atoms with Gasteiger partial charge in [-0.2, -0.15) is 0 Å². The van der Waals surface area contributed by atoms with Crippen molar-refractivity contribution in [2.75, 3.05) is 86.6 Å². The van der Waals surface area contributed by atoms with Gasteiger partial charge in [0.25, 0.3) is 0 Å². The zero-order chi connectivity index (χ0) is 50.0. The summed E-state index contributed by atoms with van der Waals surface area (Å²) in [5, 5.41) is 0. The summed E-state index contributed by atoms with van der Waals surface area (Å²) in [5.41, 5.74) is 7.59. The molecule has 6 heterocycles. The predicted molar refractivity (Wildman–Crippen MR) is 305 cm³/mol. The van der Waals surface area contributed by atoms with Gasteiger partial charge >= 0.3 is 0 Å². The van der Waals surface area contributed by atoms with Crippen LogP contribution in [0.4, 0.5) is 0 Å². The molecular weight excluding hydrogens is 923 g/mol. The summed E-state index contributed by atoms with van der Waals surface area (Å²) in [5.74, 6) is 0.988. The van der Waals surface area contributed by atoms with Crippen molar-refractivity contribution in [2.24, 2.45) is 0 Å². The highest BCUT2D eigenvalue weighted by molar-refractivity contribution is 5.28. The van der Waals surface area contributed by atoms with Crippen molar-refractivity contribution >= 4 is 0 Å². The molecule has 0 aliphatic carbocycles. The van der Waals surface area contributed by atoms with Gasteiger partial charge in [0, 0.05) is 0 Å². The van der Waals surface area contributed by atoms with Gasteiger partial charge in [0.2, 0.25) is 0 Å². The molecule has 0 unspecified atom stereocenters. The molecule has 3 aromatic rings. The van der Waals surface area contributed by atoms with E-state index >= 15 is 0 Å². The molecule has 6 fully saturated rings. The van der Waals surface area contributed by atoms with Crippen LogP contribution in [0.3, 0.4) is 0 Å². The third kappa shape index (κ3) is 19.2. The second kappa shape index (κ2) is 34.1. The number of benzene rings is 3. The van der Waals surface area contributed by atoms with Gasteiger partial charge in [-0.15, -0.1) is 0 Å². The Morgan fingerprint density at radius 3 is 0.905 bits per heavy atom. The summed E-state index contributed by atoms with van der Waals surface area (Å²) in [6.45, 7) is 16.9. The molecular formula is C64H105N3O7. The first kappa shape index (κ1) is 61.9. The van der Waals surface area contributed by atoms with E-state index in [9.17, 15) is 0 Å². The summed E-state index contributed by atoms with van der Waals surface area (Å²) in [7, 11) is 0. The van der Waals surface area contributed by atoms with Crippen LogP contribution in [-0.4, -0.2) is 118 Å². The van der Waals surface area contributed by atoms with Gasteiger partial charge in [-0.25, -0.2) is 14.7 Å². The summed E-state index contributed by atoms with van der Waals surface area (Å²) in [6.07, 6.45) is 31.9. The van der Waals surface area contributed by atoms with Gasteiger partial charge in [-0.05, 0) is 111 Å². The molecule has 9 rings (SSSR count). The summed E-state index contributed by atoms with van der Waals surface area (Å²) in [6, 6.07) is 27.2. The highest BCUT2D eigenvalue weighted by atomic mass is 16.6. The molecule has 74 heavy (non-hydrogen) atoms. The average molecular weight is 1030 g/mol. The number of hydrogen-bond acceptors (Lipinski definition) is 10. The zero-order valence-corrected chi connectivity index (χ0v) is 45.5. The SMILES string of the molecule is C.C.CCCCCCCCc1ccc(CCC23COCN2COC3)cc1.CCCCCCCCc1ccc(CCC23COCN2COC3)cc1.CCCCCCCOc1ccc(CCC23COCN2COC3)cc1. The number of rotatable bonds is 30. The molecule has 0 spiro atoms. The van der Waals surface area contributed by atoms with E-state index in [4.69, 9.17) is 33.2 Å². The van der Waals surface area contributed by atoms with Crippen LogP contribution in [0.15, 0.2) is 72.8 Å². The van der Waals surface area contributed by atoms with E-state index in [0.717, 1.165) is 124 Å². The fraction of sp³-hybridized carbons (Fsp3) is 0.719. The molecule has 10 nitrogen and oxygen atoms in total. The molecule has 0 saturated carbocycles. The quantitative estimate of drug-likeness (QED) is 0.0603. The van der Waals surface area contributed by atoms with Gasteiger partial charge in [0.15, 0.2) is 0 Å². The second-order valence-corrected chi connectivity index (χ2v) is 22.2. The first-order valence-electron chi connectivity index (χ1n) is 29.1. The zero-order valence-electron chi connectivity index (χ0n) is 45.5. The Hall–Kier alpha value is -2.90. The Balaban J connectivity index is 0.000000203. The Bertz CT molecular complexity index is 1650. The Labute approximate surface area is 451 Å². The summed E-state index contributed by atoms with van der Waals surface area (Å²) >= 11 is 0. The van der Waals surface area contributed by atoms with Crippen LogP contribution in [0.5, 0.6) is 5.75 Å². The molecule has 10 heteroatoms. The molecule has 6 aliphatic heterocycles.